The number of carbonyl (C=O) groups excluding carboxylic acids is 1. The van der Waals surface area contributed by atoms with E-state index in [0.717, 1.165) is 11.3 Å². The van der Waals surface area contributed by atoms with Crippen molar-refractivity contribution in [1.29, 1.82) is 0 Å². The van der Waals surface area contributed by atoms with E-state index >= 15 is 0 Å². The Morgan fingerprint density at radius 2 is 2.08 bits per heavy atom. The molecule has 0 radical (unpaired) electrons. The van der Waals surface area contributed by atoms with Crippen LogP contribution in [0.5, 0.6) is 0 Å². The molecule has 1 aromatic carbocycles. The first-order valence-corrected chi connectivity index (χ1v) is 7.75. The summed E-state index contributed by atoms with van der Waals surface area (Å²) < 4.78 is 20.2. The standard InChI is InChI=1S/C17H18FN5O2/c1-10(16-11(2)22-25-12(16)3)20-17(24)21-13-8-19-23(9-13)15-7-5-4-6-14(15)18/h4-10H,1-3H3,(H2,20,21,24). The molecule has 0 aliphatic carbocycles. The SMILES string of the molecule is Cc1noc(C)c1C(C)NC(=O)Nc1cnn(-c2ccccc2F)c1. The second-order valence-electron chi connectivity index (χ2n) is 5.68. The number of nitrogens with one attached hydrogen (secondary N) is 2. The molecule has 0 fully saturated rings. The van der Waals surface area contributed by atoms with Crippen molar-refractivity contribution in [2.75, 3.05) is 5.32 Å². The van der Waals surface area contributed by atoms with Crippen LogP contribution < -0.4 is 10.6 Å². The van der Waals surface area contributed by atoms with E-state index in [1.807, 2.05) is 13.8 Å². The molecule has 2 N–H and O–H groups in total. The van der Waals surface area contributed by atoms with Gasteiger partial charge in [-0.05, 0) is 32.9 Å². The molecule has 25 heavy (non-hydrogen) atoms. The lowest BCUT2D eigenvalue weighted by molar-refractivity contribution is 0.249. The number of nitrogens with zero attached hydrogens (tertiary/aromatic N) is 3. The van der Waals surface area contributed by atoms with Gasteiger partial charge in [-0.25, -0.2) is 13.9 Å². The van der Waals surface area contributed by atoms with Gasteiger partial charge in [-0.1, -0.05) is 17.3 Å². The lowest BCUT2D eigenvalue weighted by atomic mass is 10.1. The van der Waals surface area contributed by atoms with Gasteiger partial charge in [-0.2, -0.15) is 5.10 Å². The zero-order valence-corrected chi connectivity index (χ0v) is 14.1. The molecule has 2 heterocycles. The average Bonchev–Trinajstić information content (AvgIpc) is 3.14. The van der Waals surface area contributed by atoms with Crippen molar-refractivity contribution in [3.63, 3.8) is 0 Å². The van der Waals surface area contributed by atoms with Gasteiger partial charge in [0.05, 0.1) is 29.8 Å². The number of para-hydroxylation sites is 1. The number of carbonyl (C=O) groups is 1. The molecule has 0 spiro atoms. The molecule has 2 aromatic heterocycles. The Balaban J connectivity index is 1.67. The molecule has 1 unspecified atom stereocenters. The highest BCUT2D eigenvalue weighted by molar-refractivity contribution is 5.89. The second-order valence-corrected chi connectivity index (χ2v) is 5.68. The van der Waals surface area contributed by atoms with Crippen molar-refractivity contribution in [1.82, 2.24) is 20.3 Å². The molecule has 2 amide bonds. The average molecular weight is 343 g/mol. The molecule has 0 saturated heterocycles. The monoisotopic (exact) mass is 343 g/mol. The Morgan fingerprint density at radius 1 is 1.32 bits per heavy atom. The molecule has 3 rings (SSSR count). The van der Waals surface area contributed by atoms with Crippen molar-refractivity contribution in [2.45, 2.75) is 26.8 Å². The van der Waals surface area contributed by atoms with Crippen LogP contribution in [0.3, 0.4) is 0 Å². The van der Waals surface area contributed by atoms with E-state index in [0.29, 0.717) is 17.1 Å². The molecule has 1 atom stereocenters. The van der Waals surface area contributed by atoms with E-state index in [1.54, 1.807) is 31.3 Å². The van der Waals surface area contributed by atoms with E-state index in [2.05, 4.69) is 20.9 Å². The van der Waals surface area contributed by atoms with Crippen LogP contribution in [0.2, 0.25) is 0 Å². The van der Waals surface area contributed by atoms with E-state index in [1.165, 1.54) is 16.9 Å². The maximum absolute atomic E-state index is 13.8. The van der Waals surface area contributed by atoms with Crippen LogP contribution >= 0.6 is 0 Å². The van der Waals surface area contributed by atoms with Crippen molar-refractivity contribution in [3.05, 3.63) is 59.5 Å². The highest BCUT2D eigenvalue weighted by atomic mass is 19.1. The third-order valence-corrected chi connectivity index (χ3v) is 3.81. The van der Waals surface area contributed by atoms with Gasteiger partial charge in [0, 0.05) is 5.56 Å². The molecule has 7 nitrogen and oxygen atoms in total. The predicted molar refractivity (Wildman–Crippen MR) is 90.1 cm³/mol. The van der Waals surface area contributed by atoms with Crippen LogP contribution in [0.4, 0.5) is 14.9 Å². The molecule has 0 aliphatic rings. The van der Waals surface area contributed by atoms with E-state index in [9.17, 15) is 9.18 Å². The Hall–Kier alpha value is -3.16. The maximum atomic E-state index is 13.8. The van der Waals surface area contributed by atoms with E-state index in [-0.39, 0.29) is 6.04 Å². The number of hydrogen-bond donors (Lipinski definition) is 2. The van der Waals surface area contributed by atoms with E-state index < -0.39 is 11.8 Å². The topological polar surface area (TPSA) is 85.0 Å². The fourth-order valence-corrected chi connectivity index (χ4v) is 2.70. The van der Waals surface area contributed by atoms with Gasteiger partial charge in [0.15, 0.2) is 0 Å². The summed E-state index contributed by atoms with van der Waals surface area (Å²) >= 11 is 0. The number of aryl methyl sites for hydroxylation is 2. The molecular weight excluding hydrogens is 325 g/mol. The quantitative estimate of drug-likeness (QED) is 0.759. The largest absolute Gasteiger partial charge is 0.361 e. The van der Waals surface area contributed by atoms with Gasteiger partial charge in [0.25, 0.3) is 0 Å². The zero-order chi connectivity index (χ0) is 18.0. The minimum atomic E-state index is -0.402. The summed E-state index contributed by atoms with van der Waals surface area (Å²) in [5.74, 6) is 0.270. The third kappa shape index (κ3) is 3.52. The van der Waals surface area contributed by atoms with E-state index in [4.69, 9.17) is 4.52 Å². The molecule has 3 aromatic rings. The number of urea groups is 1. The summed E-state index contributed by atoms with van der Waals surface area (Å²) in [5.41, 5.74) is 2.33. The Bertz CT molecular complexity index is 883. The Morgan fingerprint density at radius 3 is 2.76 bits per heavy atom. The number of hydrogen-bond acceptors (Lipinski definition) is 4. The first-order valence-electron chi connectivity index (χ1n) is 7.75. The van der Waals surface area contributed by atoms with Gasteiger partial charge >= 0.3 is 6.03 Å². The van der Waals surface area contributed by atoms with Gasteiger partial charge in [-0.3, -0.25) is 0 Å². The summed E-state index contributed by atoms with van der Waals surface area (Å²) in [6.45, 7) is 5.46. The third-order valence-electron chi connectivity index (χ3n) is 3.81. The van der Waals surface area contributed by atoms with Crippen LogP contribution in [0.25, 0.3) is 5.69 Å². The minimum absolute atomic E-state index is 0.270. The molecular formula is C17H18FN5O2. The number of anilines is 1. The molecule has 0 bridgehead atoms. The molecule has 8 heteroatoms. The van der Waals surface area contributed by atoms with Crippen molar-refractivity contribution in [3.8, 4) is 5.69 Å². The lowest BCUT2D eigenvalue weighted by Gasteiger charge is -2.13. The van der Waals surface area contributed by atoms with Crippen molar-refractivity contribution in [2.24, 2.45) is 0 Å². The van der Waals surface area contributed by atoms with Crippen LogP contribution in [-0.2, 0) is 0 Å². The first kappa shape index (κ1) is 16.7. The normalized spacial score (nSPS) is 12.0. The van der Waals surface area contributed by atoms with Crippen LogP contribution in [0.15, 0.2) is 41.2 Å². The van der Waals surface area contributed by atoms with Gasteiger partial charge in [0.1, 0.15) is 17.3 Å². The summed E-state index contributed by atoms with van der Waals surface area (Å²) in [5, 5.41) is 13.4. The number of amides is 2. The summed E-state index contributed by atoms with van der Waals surface area (Å²) in [6, 6.07) is 5.60. The second kappa shape index (κ2) is 6.76. The number of benzene rings is 1. The van der Waals surface area contributed by atoms with Crippen molar-refractivity contribution < 1.29 is 13.7 Å². The maximum Gasteiger partial charge on any atom is 0.319 e. The lowest BCUT2D eigenvalue weighted by Crippen LogP contribution is -2.31. The van der Waals surface area contributed by atoms with Crippen LogP contribution in [-0.4, -0.2) is 21.0 Å². The number of rotatable bonds is 4. The fraction of sp³-hybridized carbons (Fsp3) is 0.235. The van der Waals surface area contributed by atoms with Gasteiger partial charge in [0.2, 0.25) is 0 Å². The highest BCUT2D eigenvalue weighted by Gasteiger charge is 2.18. The fourth-order valence-electron chi connectivity index (χ4n) is 2.70. The molecule has 0 saturated carbocycles. The Kier molecular flexibility index (Phi) is 4.51. The first-order chi connectivity index (χ1) is 12.0. The smallest absolute Gasteiger partial charge is 0.319 e. The molecule has 0 aliphatic heterocycles. The molecule has 130 valence electrons. The highest BCUT2D eigenvalue weighted by Crippen LogP contribution is 2.21. The van der Waals surface area contributed by atoms with Gasteiger partial charge < -0.3 is 15.2 Å². The summed E-state index contributed by atoms with van der Waals surface area (Å²) in [7, 11) is 0. The van der Waals surface area contributed by atoms with Crippen molar-refractivity contribution >= 4 is 11.7 Å². The van der Waals surface area contributed by atoms with Gasteiger partial charge in [-0.15, -0.1) is 0 Å². The number of aromatic nitrogens is 3. The van der Waals surface area contributed by atoms with Crippen LogP contribution in [0, 0.1) is 19.7 Å². The van der Waals surface area contributed by atoms with Crippen LogP contribution in [0.1, 0.15) is 30.0 Å². The summed E-state index contributed by atoms with van der Waals surface area (Å²) in [4.78, 5) is 12.2. The minimum Gasteiger partial charge on any atom is -0.361 e. The Labute approximate surface area is 143 Å². The number of halogens is 1. The predicted octanol–water partition coefficient (Wildman–Crippen LogP) is 3.50. The summed E-state index contributed by atoms with van der Waals surface area (Å²) in [6.07, 6.45) is 2.99. The zero-order valence-electron chi connectivity index (χ0n) is 14.1.